The van der Waals surface area contributed by atoms with Crippen molar-refractivity contribution in [1.29, 1.82) is 0 Å². The Hall–Kier alpha value is -2.44. The standard InChI is InChI=1S/C24H34N2O4.ClH/c1-5-7-17-29-21-11-13-22(14-12-21)30-19-24(27)26(16-15-25(3)4)20-9-8-10-23(18-20)28-6-2;/h8-14,18H,5-7,15-17,19H2,1-4H3;1H. The van der Waals surface area contributed by atoms with Crippen molar-refractivity contribution in [2.75, 3.05) is 51.9 Å². The number of anilines is 1. The molecule has 2 aromatic rings. The van der Waals surface area contributed by atoms with Crippen molar-refractivity contribution >= 4 is 24.0 Å². The lowest BCUT2D eigenvalue weighted by Gasteiger charge is -2.25. The van der Waals surface area contributed by atoms with Gasteiger partial charge in [-0.3, -0.25) is 4.79 Å². The van der Waals surface area contributed by atoms with Gasteiger partial charge in [0.25, 0.3) is 5.91 Å². The van der Waals surface area contributed by atoms with Crippen LogP contribution < -0.4 is 19.1 Å². The molecule has 0 aliphatic rings. The summed E-state index contributed by atoms with van der Waals surface area (Å²) in [6.07, 6.45) is 2.13. The lowest BCUT2D eigenvalue weighted by molar-refractivity contribution is -0.120. The summed E-state index contributed by atoms with van der Waals surface area (Å²) in [7, 11) is 3.97. The van der Waals surface area contributed by atoms with E-state index in [4.69, 9.17) is 14.2 Å². The summed E-state index contributed by atoms with van der Waals surface area (Å²) >= 11 is 0. The zero-order valence-electron chi connectivity index (χ0n) is 19.0. The molecule has 0 unspecified atom stereocenters. The summed E-state index contributed by atoms with van der Waals surface area (Å²) in [4.78, 5) is 16.7. The van der Waals surface area contributed by atoms with Gasteiger partial charge in [-0.2, -0.15) is 0 Å². The number of hydrogen-bond donors (Lipinski definition) is 0. The normalized spacial score (nSPS) is 10.4. The molecule has 0 aliphatic heterocycles. The molecule has 2 rings (SSSR count). The van der Waals surface area contributed by atoms with Crippen LogP contribution in [0.3, 0.4) is 0 Å². The molecule has 2 aromatic carbocycles. The molecule has 0 aliphatic carbocycles. The van der Waals surface area contributed by atoms with Crippen molar-refractivity contribution in [2.24, 2.45) is 0 Å². The highest BCUT2D eigenvalue weighted by Gasteiger charge is 2.17. The van der Waals surface area contributed by atoms with Gasteiger partial charge >= 0.3 is 0 Å². The minimum atomic E-state index is -0.103. The number of halogens is 1. The summed E-state index contributed by atoms with van der Waals surface area (Å²) in [6, 6.07) is 15.0. The number of ether oxygens (including phenoxy) is 3. The van der Waals surface area contributed by atoms with Crippen molar-refractivity contribution in [3.05, 3.63) is 48.5 Å². The number of hydrogen-bond acceptors (Lipinski definition) is 5. The lowest BCUT2D eigenvalue weighted by atomic mass is 10.2. The summed E-state index contributed by atoms with van der Waals surface area (Å²) in [5.41, 5.74) is 0.802. The van der Waals surface area contributed by atoms with Gasteiger partial charge in [-0.1, -0.05) is 19.4 Å². The smallest absolute Gasteiger partial charge is 0.264 e. The van der Waals surface area contributed by atoms with E-state index in [0.717, 1.165) is 36.6 Å². The Morgan fingerprint density at radius 3 is 2.16 bits per heavy atom. The molecular formula is C24H35ClN2O4. The lowest BCUT2D eigenvalue weighted by Crippen LogP contribution is -2.39. The highest BCUT2D eigenvalue weighted by molar-refractivity contribution is 5.94. The van der Waals surface area contributed by atoms with Crippen LogP contribution >= 0.6 is 12.4 Å². The highest BCUT2D eigenvalue weighted by Crippen LogP contribution is 2.22. The predicted molar refractivity (Wildman–Crippen MR) is 128 cm³/mol. The number of nitrogens with zero attached hydrogens (tertiary/aromatic N) is 2. The van der Waals surface area contributed by atoms with Gasteiger partial charge in [-0.05, 0) is 63.8 Å². The fraction of sp³-hybridized carbons (Fsp3) is 0.458. The minimum absolute atomic E-state index is 0. The number of unbranched alkanes of at least 4 members (excludes halogenated alkanes) is 1. The Kier molecular flexibility index (Phi) is 12.5. The third kappa shape index (κ3) is 9.49. The molecule has 0 saturated carbocycles. The monoisotopic (exact) mass is 450 g/mol. The second kappa shape index (κ2) is 14.5. The molecule has 0 aromatic heterocycles. The number of rotatable bonds is 13. The molecule has 7 heteroatoms. The summed E-state index contributed by atoms with van der Waals surface area (Å²) < 4.78 is 17.0. The van der Waals surface area contributed by atoms with Crippen LogP contribution in [0.2, 0.25) is 0 Å². The number of likely N-dealkylation sites (N-methyl/N-ethyl adjacent to an activating group) is 1. The fourth-order valence-electron chi connectivity index (χ4n) is 2.80. The molecule has 0 saturated heterocycles. The van der Waals surface area contributed by atoms with E-state index in [9.17, 15) is 4.79 Å². The van der Waals surface area contributed by atoms with E-state index in [2.05, 4.69) is 6.92 Å². The van der Waals surface area contributed by atoms with Crippen LogP contribution in [0.1, 0.15) is 26.7 Å². The third-order valence-electron chi connectivity index (χ3n) is 4.46. The van der Waals surface area contributed by atoms with Crippen LogP contribution in [0.5, 0.6) is 17.2 Å². The molecule has 0 atom stereocenters. The van der Waals surface area contributed by atoms with Crippen LogP contribution in [0, 0.1) is 0 Å². The van der Waals surface area contributed by atoms with Gasteiger partial charge in [0.1, 0.15) is 17.2 Å². The van der Waals surface area contributed by atoms with Gasteiger partial charge in [0.15, 0.2) is 6.61 Å². The first-order valence-electron chi connectivity index (χ1n) is 10.6. The Bertz CT molecular complexity index is 768. The minimum Gasteiger partial charge on any atom is -0.494 e. The molecule has 0 radical (unpaired) electrons. The van der Waals surface area contributed by atoms with E-state index in [1.807, 2.05) is 74.4 Å². The Morgan fingerprint density at radius 1 is 0.871 bits per heavy atom. The quantitative estimate of drug-likeness (QED) is 0.415. The van der Waals surface area contributed by atoms with Crippen LogP contribution in [-0.2, 0) is 4.79 Å². The maximum atomic E-state index is 13.0. The van der Waals surface area contributed by atoms with Crippen molar-refractivity contribution in [2.45, 2.75) is 26.7 Å². The molecule has 1 amide bonds. The first-order valence-corrected chi connectivity index (χ1v) is 10.6. The van der Waals surface area contributed by atoms with E-state index in [1.54, 1.807) is 4.90 Å². The van der Waals surface area contributed by atoms with Gasteiger partial charge in [-0.15, -0.1) is 12.4 Å². The van der Waals surface area contributed by atoms with Gasteiger partial charge in [0.05, 0.1) is 13.2 Å². The van der Waals surface area contributed by atoms with Crippen molar-refractivity contribution < 1.29 is 19.0 Å². The van der Waals surface area contributed by atoms with Crippen LogP contribution in [0.4, 0.5) is 5.69 Å². The van der Waals surface area contributed by atoms with E-state index >= 15 is 0 Å². The van der Waals surface area contributed by atoms with E-state index in [-0.39, 0.29) is 24.9 Å². The van der Waals surface area contributed by atoms with Gasteiger partial charge in [-0.25, -0.2) is 0 Å². The number of amides is 1. The summed E-state index contributed by atoms with van der Waals surface area (Å²) in [6.45, 7) is 6.63. The zero-order chi connectivity index (χ0) is 21.8. The topological polar surface area (TPSA) is 51.2 Å². The number of carbonyl (C=O) groups is 1. The van der Waals surface area contributed by atoms with E-state index < -0.39 is 0 Å². The Labute approximate surface area is 192 Å². The molecule has 6 nitrogen and oxygen atoms in total. The fourth-order valence-corrected chi connectivity index (χ4v) is 2.80. The molecule has 0 bridgehead atoms. The average Bonchev–Trinajstić information content (AvgIpc) is 2.74. The SMILES string of the molecule is CCCCOc1ccc(OCC(=O)N(CCN(C)C)c2cccc(OCC)c2)cc1.Cl. The van der Waals surface area contributed by atoms with Gasteiger partial charge in [0, 0.05) is 24.8 Å². The van der Waals surface area contributed by atoms with E-state index in [1.165, 1.54) is 0 Å². The summed E-state index contributed by atoms with van der Waals surface area (Å²) in [5, 5.41) is 0. The average molecular weight is 451 g/mol. The number of carbonyl (C=O) groups excluding carboxylic acids is 1. The van der Waals surface area contributed by atoms with E-state index in [0.29, 0.717) is 25.5 Å². The zero-order valence-corrected chi connectivity index (χ0v) is 19.8. The molecule has 172 valence electrons. The maximum Gasteiger partial charge on any atom is 0.264 e. The second-order valence-electron chi connectivity index (χ2n) is 7.24. The number of benzene rings is 2. The first kappa shape index (κ1) is 26.6. The maximum absolute atomic E-state index is 13.0. The van der Waals surface area contributed by atoms with Crippen molar-refractivity contribution in [3.8, 4) is 17.2 Å². The third-order valence-corrected chi connectivity index (χ3v) is 4.46. The van der Waals surface area contributed by atoms with Gasteiger partial charge in [0.2, 0.25) is 0 Å². The van der Waals surface area contributed by atoms with Gasteiger partial charge < -0.3 is 24.0 Å². The predicted octanol–water partition coefficient (Wildman–Crippen LogP) is 4.66. The van der Waals surface area contributed by atoms with Crippen LogP contribution in [0.25, 0.3) is 0 Å². The van der Waals surface area contributed by atoms with Crippen LogP contribution in [0.15, 0.2) is 48.5 Å². The van der Waals surface area contributed by atoms with Crippen molar-refractivity contribution in [3.63, 3.8) is 0 Å². The van der Waals surface area contributed by atoms with Crippen LogP contribution in [-0.4, -0.2) is 57.8 Å². The molecule has 0 heterocycles. The summed E-state index contributed by atoms with van der Waals surface area (Å²) in [5.74, 6) is 2.09. The molecule has 0 N–H and O–H groups in total. The second-order valence-corrected chi connectivity index (χ2v) is 7.24. The largest absolute Gasteiger partial charge is 0.494 e. The Morgan fingerprint density at radius 2 is 1.55 bits per heavy atom. The van der Waals surface area contributed by atoms with Crippen molar-refractivity contribution in [1.82, 2.24) is 4.90 Å². The molecule has 31 heavy (non-hydrogen) atoms. The molecule has 0 spiro atoms. The highest BCUT2D eigenvalue weighted by atomic mass is 35.5. The first-order chi connectivity index (χ1) is 14.5. The Balaban J connectivity index is 0.00000480. The molecular weight excluding hydrogens is 416 g/mol. The molecule has 0 fully saturated rings.